The zero-order chi connectivity index (χ0) is 19.6. The van der Waals surface area contributed by atoms with Gasteiger partial charge in [0.1, 0.15) is 6.61 Å². The molecule has 1 unspecified atom stereocenters. The second-order valence-corrected chi connectivity index (χ2v) is 6.97. The van der Waals surface area contributed by atoms with Crippen molar-refractivity contribution in [2.75, 3.05) is 26.7 Å². The summed E-state index contributed by atoms with van der Waals surface area (Å²) in [6.45, 7) is 6.57. The van der Waals surface area contributed by atoms with Crippen molar-refractivity contribution in [2.24, 2.45) is 4.99 Å². The molecule has 158 valence electrons. The van der Waals surface area contributed by atoms with Gasteiger partial charge in [0.15, 0.2) is 5.96 Å². The van der Waals surface area contributed by atoms with Crippen LogP contribution >= 0.6 is 24.0 Å². The van der Waals surface area contributed by atoms with Gasteiger partial charge in [-0.05, 0) is 37.6 Å². The molecule has 1 aliphatic rings. The van der Waals surface area contributed by atoms with Crippen LogP contribution in [0.2, 0.25) is 0 Å². The van der Waals surface area contributed by atoms with Crippen LogP contribution in [0, 0.1) is 0 Å². The Hall–Kier alpha value is -1.87. The number of ether oxygens (including phenoxy) is 1. The lowest BCUT2D eigenvalue weighted by molar-refractivity contribution is 0.267. The van der Waals surface area contributed by atoms with Crippen LogP contribution in [0.4, 0.5) is 0 Å². The largest absolute Gasteiger partial charge is 0.473 e. The molecule has 29 heavy (non-hydrogen) atoms. The fraction of sp³-hybridized carbons (Fsp3) is 0.455. The fourth-order valence-electron chi connectivity index (χ4n) is 3.57. The van der Waals surface area contributed by atoms with Crippen LogP contribution in [-0.4, -0.2) is 48.6 Å². The summed E-state index contributed by atoms with van der Waals surface area (Å²) in [5.41, 5.74) is 2.14. The van der Waals surface area contributed by atoms with Gasteiger partial charge in [-0.15, -0.1) is 24.0 Å². The van der Waals surface area contributed by atoms with E-state index in [-0.39, 0.29) is 24.0 Å². The molecule has 1 aliphatic heterocycles. The monoisotopic (exact) mass is 509 g/mol. The van der Waals surface area contributed by atoms with Crippen molar-refractivity contribution in [3.05, 3.63) is 59.8 Å². The summed E-state index contributed by atoms with van der Waals surface area (Å²) >= 11 is 0. The summed E-state index contributed by atoms with van der Waals surface area (Å²) in [7, 11) is 1.80. The molecule has 1 aromatic carbocycles. The molecule has 1 saturated heterocycles. The highest BCUT2D eigenvalue weighted by atomic mass is 127. The molecule has 1 aromatic heterocycles. The lowest BCUT2D eigenvalue weighted by Crippen LogP contribution is -2.44. The Bertz CT molecular complexity index is 756. The zero-order valence-electron chi connectivity index (χ0n) is 17.3. The fourth-order valence-corrected chi connectivity index (χ4v) is 3.57. The highest BCUT2D eigenvalue weighted by Gasteiger charge is 2.22. The Morgan fingerprint density at radius 1 is 1.21 bits per heavy atom. The predicted molar refractivity (Wildman–Crippen MR) is 129 cm³/mol. The topological polar surface area (TPSA) is 61.8 Å². The molecule has 0 bridgehead atoms. The van der Waals surface area contributed by atoms with E-state index in [1.54, 1.807) is 13.2 Å². The van der Waals surface area contributed by atoms with Gasteiger partial charge < -0.3 is 15.4 Å². The number of nitrogens with one attached hydrogen (secondary N) is 2. The smallest absolute Gasteiger partial charge is 0.218 e. The van der Waals surface area contributed by atoms with Gasteiger partial charge in [0.2, 0.25) is 5.88 Å². The maximum Gasteiger partial charge on any atom is 0.218 e. The Morgan fingerprint density at radius 3 is 2.79 bits per heavy atom. The third-order valence-corrected chi connectivity index (χ3v) is 5.15. The van der Waals surface area contributed by atoms with Crippen LogP contribution in [0.25, 0.3) is 0 Å². The van der Waals surface area contributed by atoms with E-state index in [4.69, 9.17) is 4.74 Å². The molecule has 0 spiro atoms. The molecular formula is C22H32IN5O. The molecule has 6 nitrogen and oxygen atoms in total. The van der Waals surface area contributed by atoms with Crippen molar-refractivity contribution in [3.63, 3.8) is 0 Å². The third-order valence-electron chi connectivity index (χ3n) is 5.15. The van der Waals surface area contributed by atoms with Gasteiger partial charge in [0.05, 0.1) is 0 Å². The maximum absolute atomic E-state index is 5.94. The molecule has 7 heteroatoms. The van der Waals surface area contributed by atoms with Crippen LogP contribution in [0.1, 0.15) is 30.9 Å². The minimum Gasteiger partial charge on any atom is -0.473 e. The number of hydrogen-bond acceptors (Lipinski definition) is 4. The van der Waals surface area contributed by atoms with E-state index < -0.39 is 0 Å². The Labute approximate surface area is 191 Å². The molecular weight excluding hydrogens is 477 g/mol. The van der Waals surface area contributed by atoms with Gasteiger partial charge in [-0.1, -0.05) is 43.3 Å². The normalized spacial score (nSPS) is 16.9. The molecule has 1 atom stereocenters. The van der Waals surface area contributed by atoms with Gasteiger partial charge >= 0.3 is 0 Å². The molecule has 3 rings (SSSR count). The van der Waals surface area contributed by atoms with Crippen LogP contribution in [0.15, 0.2) is 53.7 Å². The average Bonchev–Trinajstić information content (AvgIpc) is 3.21. The molecule has 2 aromatic rings. The number of halogens is 1. The van der Waals surface area contributed by atoms with E-state index in [9.17, 15) is 0 Å². The molecule has 0 aliphatic carbocycles. The average molecular weight is 509 g/mol. The van der Waals surface area contributed by atoms with E-state index in [0.29, 0.717) is 25.1 Å². The van der Waals surface area contributed by atoms with Gasteiger partial charge in [0, 0.05) is 37.9 Å². The third kappa shape index (κ3) is 7.15. The Balaban J connectivity index is 0.00000300. The molecule has 0 amide bonds. The van der Waals surface area contributed by atoms with Crippen molar-refractivity contribution >= 4 is 29.9 Å². The summed E-state index contributed by atoms with van der Waals surface area (Å²) in [5.74, 6) is 1.46. The first-order valence-corrected chi connectivity index (χ1v) is 10.1. The van der Waals surface area contributed by atoms with Crippen molar-refractivity contribution < 1.29 is 4.74 Å². The van der Waals surface area contributed by atoms with Gasteiger partial charge in [0.25, 0.3) is 0 Å². The highest BCUT2D eigenvalue weighted by Crippen LogP contribution is 2.17. The molecule has 1 fully saturated rings. The number of aliphatic imine (C=N–C) groups is 1. The van der Waals surface area contributed by atoms with Crippen LogP contribution in [0.3, 0.4) is 0 Å². The summed E-state index contributed by atoms with van der Waals surface area (Å²) in [4.78, 5) is 11.3. The number of nitrogens with zero attached hydrogens (tertiary/aromatic N) is 3. The Kier molecular flexibility index (Phi) is 10.2. The van der Waals surface area contributed by atoms with Crippen LogP contribution < -0.4 is 15.4 Å². The number of likely N-dealkylation sites (tertiary alicyclic amines) is 1. The first-order valence-electron chi connectivity index (χ1n) is 10.1. The lowest BCUT2D eigenvalue weighted by Gasteiger charge is -2.24. The number of likely N-dealkylation sites (N-methyl/N-ethyl adjacent to an activating group) is 1. The van der Waals surface area contributed by atoms with Crippen molar-refractivity contribution in [1.82, 2.24) is 20.5 Å². The summed E-state index contributed by atoms with van der Waals surface area (Å²) in [6.07, 6.45) is 4.29. The van der Waals surface area contributed by atoms with Gasteiger partial charge in [-0.2, -0.15) is 0 Å². The quantitative estimate of drug-likeness (QED) is 0.325. The molecule has 2 N–H and O–H groups in total. The number of pyridine rings is 1. The standard InChI is InChI=1S/C22H31N5O.HI/c1-3-27-14-8-12-20(27)16-26-22(23-2)25-15-19-11-7-13-24-21(19)28-17-18-9-5-4-6-10-18;/h4-7,9-11,13,20H,3,8,12,14-17H2,1-2H3,(H2,23,25,26);1H. The minimum atomic E-state index is 0. The zero-order valence-corrected chi connectivity index (χ0v) is 19.6. The number of benzene rings is 1. The van der Waals surface area contributed by atoms with Crippen molar-refractivity contribution in [1.29, 1.82) is 0 Å². The summed E-state index contributed by atoms with van der Waals surface area (Å²) in [6, 6.07) is 14.7. The predicted octanol–water partition coefficient (Wildman–Crippen LogP) is 3.43. The summed E-state index contributed by atoms with van der Waals surface area (Å²) in [5, 5.41) is 6.84. The SMILES string of the molecule is CCN1CCCC1CNC(=NC)NCc1cccnc1OCc1ccccc1.I. The summed E-state index contributed by atoms with van der Waals surface area (Å²) < 4.78 is 5.94. The van der Waals surface area contributed by atoms with E-state index in [1.165, 1.54) is 19.4 Å². The number of aromatic nitrogens is 1. The van der Waals surface area contributed by atoms with E-state index in [1.807, 2.05) is 30.3 Å². The number of guanidine groups is 1. The van der Waals surface area contributed by atoms with E-state index in [2.05, 4.69) is 44.6 Å². The van der Waals surface area contributed by atoms with Gasteiger partial charge in [-0.25, -0.2) is 4.98 Å². The molecule has 0 radical (unpaired) electrons. The molecule has 0 saturated carbocycles. The second kappa shape index (κ2) is 12.6. The highest BCUT2D eigenvalue weighted by molar-refractivity contribution is 14.0. The first-order chi connectivity index (χ1) is 13.8. The van der Waals surface area contributed by atoms with Crippen LogP contribution in [0.5, 0.6) is 5.88 Å². The second-order valence-electron chi connectivity index (χ2n) is 6.97. The minimum absolute atomic E-state index is 0. The van der Waals surface area contributed by atoms with E-state index in [0.717, 1.165) is 30.2 Å². The van der Waals surface area contributed by atoms with E-state index >= 15 is 0 Å². The Morgan fingerprint density at radius 2 is 2.03 bits per heavy atom. The molecule has 2 heterocycles. The first kappa shape index (κ1) is 23.4. The van der Waals surface area contributed by atoms with Crippen molar-refractivity contribution in [2.45, 2.75) is 39.0 Å². The van der Waals surface area contributed by atoms with Crippen molar-refractivity contribution in [3.8, 4) is 5.88 Å². The maximum atomic E-state index is 5.94. The van der Waals surface area contributed by atoms with Gasteiger partial charge in [-0.3, -0.25) is 9.89 Å². The van der Waals surface area contributed by atoms with Crippen LogP contribution in [-0.2, 0) is 13.2 Å². The lowest BCUT2D eigenvalue weighted by atomic mass is 10.2. The number of hydrogen-bond donors (Lipinski definition) is 2. The number of rotatable bonds is 8.